The summed E-state index contributed by atoms with van der Waals surface area (Å²) in [4.78, 5) is 6.41. The van der Waals surface area contributed by atoms with E-state index < -0.39 is 0 Å². The number of likely N-dealkylation sites (N-methyl/N-ethyl adjacent to an activating group) is 1. The fraction of sp³-hybridized carbons (Fsp3) is 0.421. The highest BCUT2D eigenvalue weighted by atomic mass is 16.5. The smallest absolute Gasteiger partial charge is 0.126 e. The highest BCUT2D eigenvalue weighted by Gasteiger charge is 2.22. The van der Waals surface area contributed by atoms with Crippen LogP contribution < -0.4 is 15.0 Å². The van der Waals surface area contributed by atoms with Crippen LogP contribution in [0.2, 0.25) is 0 Å². The van der Waals surface area contributed by atoms with Crippen LogP contribution in [0.15, 0.2) is 42.6 Å². The minimum Gasteiger partial charge on any atom is -0.493 e. The average molecular weight is 327 g/mol. The summed E-state index contributed by atoms with van der Waals surface area (Å²) in [6.45, 7) is 2.23. The predicted octanol–water partition coefficient (Wildman–Crippen LogP) is 2.91. The molecule has 1 saturated carbocycles. The van der Waals surface area contributed by atoms with Crippen molar-refractivity contribution in [2.45, 2.75) is 19.4 Å². The lowest BCUT2D eigenvalue weighted by atomic mass is 10.2. The summed E-state index contributed by atoms with van der Waals surface area (Å²) in [5.41, 5.74) is 2.13. The summed E-state index contributed by atoms with van der Waals surface area (Å²) in [5.74, 6) is 2.53. The number of pyridine rings is 1. The molecule has 0 atom stereocenters. The molecule has 0 saturated heterocycles. The van der Waals surface area contributed by atoms with E-state index in [1.165, 1.54) is 12.8 Å². The molecule has 1 aliphatic rings. The molecule has 0 spiro atoms. The minimum absolute atomic E-state index is 0.133. The molecule has 2 aromatic rings. The molecule has 1 heterocycles. The van der Waals surface area contributed by atoms with E-state index in [4.69, 9.17) is 9.84 Å². The number of nitrogens with one attached hydrogen (secondary N) is 1. The van der Waals surface area contributed by atoms with Gasteiger partial charge in [0.25, 0.3) is 0 Å². The van der Waals surface area contributed by atoms with Crippen LogP contribution in [0.25, 0.3) is 0 Å². The third kappa shape index (κ3) is 4.61. The zero-order valence-corrected chi connectivity index (χ0v) is 14.1. The zero-order valence-electron chi connectivity index (χ0n) is 14.1. The summed E-state index contributed by atoms with van der Waals surface area (Å²) < 4.78 is 5.94. The molecule has 24 heavy (non-hydrogen) atoms. The molecule has 1 fully saturated rings. The molecular formula is C19H25N3O2. The molecule has 1 aliphatic carbocycles. The first-order chi connectivity index (χ1) is 11.8. The topological polar surface area (TPSA) is 57.6 Å². The fourth-order valence-corrected chi connectivity index (χ4v) is 2.46. The van der Waals surface area contributed by atoms with Crippen molar-refractivity contribution in [3.63, 3.8) is 0 Å². The van der Waals surface area contributed by atoms with Crippen molar-refractivity contribution in [2.75, 3.05) is 37.0 Å². The van der Waals surface area contributed by atoms with Gasteiger partial charge in [0.05, 0.1) is 25.1 Å². The number of anilines is 2. The Bertz CT molecular complexity index is 641. The molecule has 0 amide bonds. The molecule has 0 radical (unpaired) electrons. The molecule has 5 nitrogen and oxygen atoms in total. The minimum atomic E-state index is 0.133. The van der Waals surface area contributed by atoms with E-state index in [-0.39, 0.29) is 6.61 Å². The van der Waals surface area contributed by atoms with Gasteiger partial charge in [0.15, 0.2) is 0 Å². The molecule has 2 N–H and O–H groups in total. The van der Waals surface area contributed by atoms with Crippen LogP contribution in [0.5, 0.6) is 5.75 Å². The van der Waals surface area contributed by atoms with Crippen LogP contribution in [0.4, 0.5) is 11.5 Å². The van der Waals surface area contributed by atoms with Crippen LogP contribution in [0, 0.1) is 5.92 Å². The lowest BCUT2D eigenvalue weighted by Crippen LogP contribution is -2.21. The Kier molecular flexibility index (Phi) is 5.54. The second-order valence-corrected chi connectivity index (χ2v) is 6.26. The summed E-state index contributed by atoms with van der Waals surface area (Å²) in [6, 6.07) is 12.1. The van der Waals surface area contributed by atoms with Crippen molar-refractivity contribution in [1.29, 1.82) is 0 Å². The molecular weight excluding hydrogens is 302 g/mol. The first-order valence-electron chi connectivity index (χ1n) is 8.49. The first kappa shape index (κ1) is 16.6. The molecule has 5 heteroatoms. The Balaban J connectivity index is 1.57. The van der Waals surface area contributed by atoms with Crippen LogP contribution >= 0.6 is 0 Å². The zero-order chi connectivity index (χ0) is 16.8. The van der Waals surface area contributed by atoms with Gasteiger partial charge < -0.3 is 20.1 Å². The Morgan fingerprint density at radius 3 is 2.79 bits per heavy atom. The standard InChI is InChI=1S/C19H25N3O2/c1-22(10-11-23)17-8-9-19(21-13-17)20-12-16-4-2-3-5-18(16)24-14-15-6-7-15/h2-5,8-9,13,15,23H,6-7,10-12,14H2,1H3,(H,20,21). The van der Waals surface area contributed by atoms with E-state index in [9.17, 15) is 0 Å². The number of hydrogen-bond acceptors (Lipinski definition) is 5. The highest BCUT2D eigenvalue weighted by molar-refractivity contribution is 5.49. The van der Waals surface area contributed by atoms with E-state index >= 15 is 0 Å². The third-order valence-corrected chi connectivity index (χ3v) is 4.23. The Morgan fingerprint density at radius 2 is 2.08 bits per heavy atom. The van der Waals surface area contributed by atoms with Gasteiger partial charge in [-0.15, -0.1) is 0 Å². The number of benzene rings is 1. The number of aliphatic hydroxyl groups is 1. The van der Waals surface area contributed by atoms with Crippen molar-refractivity contribution in [3.05, 3.63) is 48.2 Å². The number of rotatable bonds is 9. The SMILES string of the molecule is CN(CCO)c1ccc(NCc2ccccc2OCC2CC2)nc1. The van der Waals surface area contributed by atoms with Gasteiger partial charge in [-0.05, 0) is 37.0 Å². The second-order valence-electron chi connectivity index (χ2n) is 6.26. The number of nitrogens with zero attached hydrogens (tertiary/aromatic N) is 2. The summed E-state index contributed by atoms with van der Waals surface area (Å²) in [6.07, 6.45) is 4.40. The van der Waals surface area contributed by atoms with Crippen LogP contribution in [-0.2, 0) is 6.54 Å². The molecule has 1 aromatic carbocycles. The monoisotopic (exact) mass is 327 g/mol. The molecule has 0 aliphatic heterocycles. The molecule has 0 bridgehead atoms. The maximum Gasteiger partial charge on any atom is 0.126 e. The Hall–Kier alpha value is -2.27. The van der Waals surface area contributed by atoms with Crippen molar-refractivity contribution in [1.82, 2.24) is 4.98 Å². The van der Waals surface area contributed by atoms with Crippen molar-refractivity contribution in [3.8, 4) is 5.75 Å². The number of hydrogen-bond donors (Lipinski definition) is 2. The fourth-order valence-electron chi connectivity index (χ4n) is 2.46. The summed E-state index contributed by atoms with van der Waals surface area (Å²) in [7, 11) is 1.94. The number of ether oxygens (including phenoxy) is 1. The predicted molar refractivity (Wildman–Crippen MR) is 96.6 cm³/mol. The normalized spacial score (nSPS) is 13.6. The van der Waals surface area contributed by atoms with Crippen LogP contribution in [0.1, 0.15) is 18.4 Å². The third-order valence-electron chi connectivity index (χ3n) is 4.23. The lowest BCUT2D eigenvalue weighted by Gasteiger charge is -2.17. The van der Waals surface area contributed by atoms with Crippen molar-refractivity contribution < 1.29 is 9.84 Å². The van der Waals surface area contributed by atoms with Crippen molar-refractivity contribution >= 4 is 11.5 Å². The van der Waals surface area contributed by atoms with Crippen LogP contribution in [-0.4, -0.2) is 36.9 Å². The maximum atomic E-state index is 8.98. The Labute approximate surface area is 143 Å². The average Bonchev–Trinajstić information content (AvgIpc) is 3.44. The summed E-state index contributed by atoms with van der Waals surface area (Å²) in [5, 5.41) is 12.3. The molecule has 3 rings (SSSR count). The maximum absolute atomic E-state index is 8.98. The quantitative estimate of drug-likeness (QED) is 0.742. The molecule has 1 aromatic heterocycles. The van der Waals surface area contributed by atoms with Gasteiger partial charge in [0.2, 0.25) is 0 Å². The number of aliphatic hydroxyl groups excluding tert-OH is 1. The van der Waals surface area contributed by atoms with E-state index in [1.807, 2.05) is 48.5 Å². The second kappa shape index (κ2) is 8.02. The number of para-hydroxylation sites is 1. The van der Waals surface area contributed by atoms with E-state index in [1.54, 1.807) is 0 Å². The van der Waals surface area contributed by atoms with Gasteiger partial charge in [-0.3, -0.25) is 0 Å². The largest absolute Gasteiger partial charge is 0.493 e. The van der Waals surface area contributed by atoms with E-state index in [0.717, 1.165) is 35.3 Å². The van der Waals surface area contributed by atoms with Gasteiger partial charge >= 0.3 is 0 Å². The van der Waals surface area contributed by atoms with Gasteiger partial charge in [0.1, 0.15) is 11.6 Å². The van der Waals surface area contributed by atoms with E-state index in [2.05, 4.69) is 16.4 Å². The first-order valence-corrected chi connectivity index (χ1v) is 8.49. The van der Waals surface area contributed by atoms with Gasteiger partial charge in [-0.1, -0.05) is 18.2 Å². The Morgan fingerprint density at radius 1 is 1.25 bits per heavy atom. The van der Waals surface area contributed by atoms with Gasteiger partial charge in [0, 0.05) is 25.7 Å². The number of aromatic nitrogens is 1. The highest BCUT2D eigenvalue weighted by Crippen LogP contribution is 2.30. The van der Waals surface area contributed by atoms with Gasteiger partial charge in [-0.2, -0.15) is 0 Å². The van der Waals surface area contributed by atoms with Gasteiger partial charge in [-0.25, -0.2) is 4.98 Å². The molecule has 128 valence electrons. The molecule has 0 unspecified atom stereocenters. The van der Waals surface area contributed by atoms with Crippen LogP contribution in [0.3, 0.4) is 0 Å². The van der Waals surface area contributed by atoms with E-state index in [0.29, 0.717) is 13.1 Å². The summed E-state index contributed by atoms with van der Waals surface area (Å²) >= 11 is 0. The lowest BCUT2D eigenvalue weighted by molar-refractivity contribution is 0.297. The van der Waals surface area contributed by atoms with Crippen molar-refractivity contribution in [2.24, 2.45) is 5.92 Å².